The van der Waals surface area contributed by atoms with E-state index in [1.54, 1.807) is 0 Å². The maximum absolute atomic E-state index is 5.96. The van der Waals surface area contributed by atoms with Gasteiger partial charge in [0.25, 0.3) is 0 Å². The van der Waals surface area contributed by atoms with E-state index in [0.29, 0.717) is 0 Å². The SMILES string of the molecule is C[CH]CCc1cc(Cl)ccc1Cl. The maximum atomic E-state index is 5.96. The fraction of sp³-hybridized carbons (Fsp3) is 0.300. The molecular formula is C10H11Cl2. The summed E-state index contributed by atoms with van der Waals surface area (Å²) in [7, 11) is 0. The second-order valence-corrected chi connectivity index (χ2v) is 3.53. The van der Waals surface area contributed by atoms with Crippen LogP contribution in [0.4, 0.5) is 0 Å². The van der Waals surface area contributed by atoms with Crippen LogP contribution in [0, 0.1) is 6.42 Å². The van der Waals surface area contributed by atoms with Crippen molar-refractivity contribution in [2.75, 3.05) is 0 Å². The van der Waals surface area contributed by atoms with Crippen molar-refractivity contribution in [1.82, 2.24) is 0 Å². The molecule has 0 heterocycles. The molecule has 1 aromatic rings. The van der Waals surface area contributed by atoms with Crippen molar-refractivity contribution >= 4 is 23.2 Å². The smallest absolute Gasteiger partial charge is 0.0439 e. The Morgan fingerprint density at radius 2 is 2.08 bits per heavy atom. The minimum absolute atomic E-state index is 0.755. The monoisotopic (exact) mass is 201 g/mol. The van der Waals surface area contributed by atoms with E-state index in [9.17, 15) is 0 Å². The van der Waals surface area contributed by atoms with E-state index in [1.807, 2.05) is 25.1 Å². The van der Waals surface area contributed by atoms with Gasteiger partial charge in [0.05, 0.1) is 0 Å². The Hall–Kier alpha value is -0.200. The number of halogens is 2. The molecule has 12 heavy (non-hydrogen) atoms. The van der Waals surface area contributed by atoms with Gasteiger partial charge in [-0.15, -0.1) is 0 Å². The van der Waals surface area contributed by atoms with Crippen LogP contribution in [0.3, 0.4) is 0 Å². The molecular weight excluding hydrogens is 191 g/mol. The molecule has 0 spiro atoms. The van der Waals surface area contributed by atoms with Crippen molar-refractivity contribution in [2.24, 2.45) is 0 Å². The van der Waals surface area contributed by atoms with Crippen LogP contribution in [-0.4, -0.2) is 0 Å². The quantitative estimate of drug-likeness (QED) is 0.690. The van der Waals surface area contributed by atoms with Gasteiger partial charge in [-0.1, -0.05) is 30.1 Å². The van der Waals surface area contributed by atoms with Crippen LogP contribution in [0.15, 0.2) is 18.2 Å². The van der Waals surface area contributed by atoms with Crippen molar-refractivity contribution in [1.29, 1.82) is 0 Å². The molecule has 0 saturated carbocycles. The lowest BCUT2D eigenvalue weighted by Crippen LogP contribution is -1.86. The Balaban J connectivity index is 2.75. The van der Waals surface area contributed by atoms with Gasteiger partial charge in [-0.05, 0) is 43.0 Å². The molecule has 0 aliphatic heterocycles. The predicted octanol–water partition coefficient (Wildman–Crippen LogP) is 4.15. The lowest BCUT2D eigenvalue weighted by molar-refractivity contribution is 0.937. The van der Waals surface area contributed by atoms with E-state index >= 15 is 0 Å². The van der Waals surface area contributed by atoms with Crippen LogP contribution in [-0.2, 0) is 6.42 Å². The van der Waals surface area contributed by atoms with E-state index in [0.717, 1.165) is 28.5 Å². The highest BCUT2D eigenvalue weighted by molar-refractivity contribution is 6.33. The Morgan fingerprint density at radius 3 is 2.75 bits per heavy atom. The highest BCUT2D eigenvalue weighted by Crippen LogP contribution is 2.21. The molecule has 0 aliphatic rings. The van der Waals surface area contributed by atoms with Gasteiger partial charge in [-0.2, -0.15) is 0 Å². The van der Waals surface area contributed by atoms with E-state index in [4.69, 9.17) is 23.2 Å². The van der Waals surface area contributed by atoms with E-state index in [2.05, 4.69) is 6.42 Å². The molecule has 0 nitrogen and oxygen atoms in total. The summed E-state index contributed by atoms with van der Waals surface area (Å²) in [6.07, 6.45) is 4.13. The van der Waals surface area contributed by atoms with Gasteiger partial charge in [0.1, 0.15) is 0 Å². The van der Waals surface area contributed by atoms with E-state index < -0.39 is 0 Å². The normalized spacial score (nSPS) is 10.2. The minimum atomic E-state index is 0.755. The third-order valence-corrected chi connectivity index (χ3v) is 2.31. The third kappa shape index (κ3) is 2.69. The van der Waals surface area contributed by atoms with Gasteiger partial charge in [-0.3, -0.25) is 0 Å². The molecule has 0 unspecified atom stereocenters. The minimum Gasteiger partial charge on any atom is -0.0843 e. The molecule has 2 heteroatoms. The van der Waals surface area contributed by atoms with E-state index in [-0.39, 0.29) is 0 Å². The second kappa shape index (κ2) is 4.74. The number of hydrogen-bond donors (Lipinski definition) is 0. The molecule has 0 aliphatic carbocycles. The zero-order chi connectivity index (χ0) is 8.97. The fourth-order valence-electron chi connectivity index (χ4n) is 1.03. The summed E-state index contributed by atoms with van der Waals surface area (Å²) in [5.41, 5.74) is 1.13. The Bertz CT molecular complexity index is 256. The fourth-order valence-corrected chi connectivity index (χ4v) is 1.44. The molecule has 0 atom stereocenters. The highest BCUT2D eigenvalue weighted by atomic mass is 35.5. The summed E-state index contributed by atoms with van der Waals surface area (Å²) >= 11 is 11.8. The zero-order valence-electron chi connectivity index (χ0n) is 6.98. The number of benzene rings is 1. The average molecular weight is 202 g/mol. The lowest BCUT2D eigenvalue weighted by atomic mass is 10.1. The van der Waals surface area contributed by atoms with Crippen molar-refractivity contribution in [3.05, 3.63) is 40.2 Å². The molecule has 0 aromatic heterocycles. The number of rotatable bonds is 3. The summed E-state index contributed by atoms with van der Waals surface area (Å²) in [4.78, 5) is 0. The third-order valence-electron chi connectivity index (χ3n) is 1.71. The summed E-state index contributed by atoms with van der Waals surface area (Å²) in [6.45, 7) is 2.04. The Morgan fingerprint density at radius 1 is 1.33 bits per heavy atom. The standard InChI is InChI=1S/C10H11Cl2/c1-2-3-4-8-7-9(11)5-6-10(8)12/h2,5-7H,3-4H2,1H3. The van der Waals surface area contributed by atoms with Gasteiger partial charge in [0.15, 0.2) is 0 Å². The van der Waals surface area contributed by atoms with Crippen LogP contribution in [0.1, 0.15) is 18.9 Å². The Kier molecular flexibility index (Phi) is 3.90. The van der Waals surface area contributed by atoms with Crippen LogP contribution < -0.4 is 0 Å². The average Bonchev–Trinajstić information content (AvgIpc) is 2.07. The first-order chi connectivity index (χ1) is 5.74. The molecule has 0 fully saturated rings. The van der Waals surface area contributed by atoms with Crippen LogP contribution in [0.2, 0.25) is 10.0 Å². The van der Waals surface area contributed by atoms with Crippen LogP contribution in [0.5, 0.6) is 0 Å². The number of hydrogen-bond acceptors (Lipinski definition) is 0. The van der Waals surface area contributed by atoms with Crippen molar-refractivity contribution in [3.8, 4) is 0 Å². The Labute approximate surface area is 83.5 Å². The van der Waals surface area contributed by atoms with Crippen molar-refractivity contribution < 1.29 is 0 Å². The molecule has 0 N–H and O–H groups in total. The molecule has 1 aromatic carbocycles. The highest BCUT2D eigenvalue weighted by Gasteiger charge is 1.99. The number of aryl methyl sites for hydroxylation is 1. The summed E-state index contributed by atoms with van der Waals surface area (Å²) in [5, 5.41) is 1.56. The number of unbranched alkanes of at least 4 members (excludes halogenated alkanes) is 1. The topological polar surface area (TPSA) is 0 Å². The predicted molar refractivity (Wildman–Crippen MR) is 54.8 cm³/mol. The first-order valence-electron chi connectivity index (χ1n) is 3.96. The van der Waals surface area contributed by atoms with Crippen molar-refractivity contribution in [3.63, 3.8) is 0 Å². The van der Waals surface area contributed by atoms with Gasteiger partial charge in [-0.25, -0.2) is 0 Å². The molecule has 1 radical (unpaired) electrons. The summed E-state index contributed by atoms with van der Waals surface area (Å²) in [6, 6.07) is 5.57. The molecule has 0 bridgehead atoms. The van der Waals surface area contributed by atoms with Crippen LogP contribution in [0.25, 0.3) is 0 Å². The van der Waals surface area contributed by atoms with E-state index in [1.165, 1.54) is 0 Å². The lowest BCUT2D eigenvalue weighted by Gasteiger charge is -2.02. The van der Waals surface area contributed by atoms with Gasteiger partial charge < -0.3 is 0 Å². The largest absolute Gasteiger partial charge is 0.0843 e. The van der Waals surface area contributed by atoms with Gasteiger partial charge in [0, 0.05) is 10.0 Å². The van der Waals surface area contributed by atoms with Crippen molar-refractivity contribution in [2.45, 2.75) is 19.8 Å². The zero-order valence-corrected chi connectivity index (χ0v) is 8.49. The molecule has 65 valence electrons. The summed E-state index contributed by atoms with van der Waals surface area (Å²) < 4.78 is 0. The van der Waals surface area contributed by atoms with Crippen LogP contribution >= 0.6 is 23.2 Å². The van der Waals surface area contributed by atoms with Gasteiger partial charge >= 0.3 is 0 Å². The molecule has 1 rings (SSSR count). The van der Waals surface area contributed by atoms with Gasteiger partial charge in [0.2, 0.25) is 0 Å². The summed E-state index contributed by atoms with van der Waals surface area (Å²) in [5.74, 6) is 0. The maximum Gasteiger partial charge on any atom is 0.0439 e. The molecule has 0 saturated heterocycles. The first-order valence-corrected chi connectivity index (χ1v) is 4.71. The first kappa shape index (κ1) is 9.88. The second-order valence-electron chi connectivity index (χ2n) is 2.68. The molecule has 0 amide bonds.